The zero-order valence-corrected chi connectivity index (χ0v) is 24.4. The molecule has 19 heteroatoms. The molecule has 11 nitrogen and oxygen atoms in total. The van der Waals surface area contributed by atoms with E-state index in [1.165, 1.54) is 36.4 Å². The van der Waals surface area contributed by atoms with Crippen LogP contribution in [-0.4, -0.2) is 50.0 Å². The van der Waals surface area contributed by atoms with E-state index >= 15 is 0 Å². The van der Waals surface area contributed by atoms with E-state index < -0.39 is 71.6 Å². The zero-order valence-electron chi connectivity index (χ0n) is 22.7. The van der Waals surface area contributed by atoms with Gasteiger partial charge in [-0.15, -0.1) is 0 Å². The second-order valence-corrected chi connectivity index (χ2v) is 12.2. The molecular formula is C28H16F6O11S2. The minimum absolute atomic E-state index is 0.0175. The van der Waals surface area contributed by atoms with Gasteiger partial charge in [0.05, 0.1) is 5.56 Å². The molecule has 0 bridgehead atoms. The van der Waals surface area contributed by atoms with Crippen molar-refractivity contribution in [2.24, 2.45) is 0 Å². The number of halogens is 6. The second kappa shape index (κ2) is 12.5. The van der Waals surface area contributed by atoms with Crippen molar-refractivity contribution < 1.29 is 76.1 Å². The van der Waals surface area contributed by atoms with E-state index in [0.29, 0.717) is 11.1 Å². The Labute approximate surface area is 260 Å². The first-order valence-electron chi connectivity index (χ1n) is 12.3. The quantitative estimate of drug-likeness (QED) is 0.103. The Bertz CT molecular complexity index is 2040. The van der Waals surface area contributed by atoms with Crippen molar-refractivity contribution in [2.45, 2.75) is 11.0 Å². The Balaban J connectivity index is 1.60. The number of ether oxygens (including phenoxy) is 1. The van der Waals surface area contributed by atoms with Crippen LogP contribution in [-0.2, 0) is 20.2 Å². The van der Waals surface area contributed by atoms with E-state index in [9.17, 15) is 63.0 Å². The molecule has 0 atom stereocenters. The van der Waals surface area contributed by atoms with Crippen molar-refractivity contribution >= 4 is 32.2 Å². The molecule has 0 radical (unpaired) electrons. The van der Waals surface area contributed by atoms with Gasteiger partial charge < -0.3 is 23.3 Å². The molecule has 4 aromatic carbocycles. The highest BCUT2D eigenvalue weighted by Gasteiger charge is 2.49. The molecule has 0 heterocycles. The van der Waals surface area contributed by atoms with Gasteiger partial charge in [-0.1, -0.05) is 36.4 Å². The average Bonchev–Trinajstić information content (AvgIpc) is 2.96. The lowest BCUT2D eigenvalue weighted by molar-refractivity contribution is -0.0504. The number of aromatic carboxylic acids is 2. The lowest BCUT2D eigenvalue weighted by Gasteiger charge is -2.15. The number of carboxylic acids is 2. The van der Waals surface area contributed by atoms with Crippen molar-refractivity contribution in [1.29, 1.82) is 0 Å². The van der Waals surface area contributed by atoms with Gasteiger partial charge in [-0.05, 0) is 70.8 Å². The number of benzene rings is 4. The largest absolute Gasteiger partial charge is 0.534 e. The van der Waals surface area contributed by atoms with E-state index in [0.717, 1.165) is 48.5 Å². The molecule has 0 fully saturated rings. The molecule has 0 unspecified atom stereocenters. The van der Waals surface area contributed by atoms with Crippen LogP contribution in [0, 0.1) is 0 Å². The van der Waals surface area contributed by atoms with Crippen LogP contribution in [0.5, 0.6) is 23.0 Å². The number of carboxylic acid groups (broad SMARTS) is 2. The number of hydrogen-bond acceptors (Lipinski definition) is 9. The van der Waals surface area contributed by atoms with Gasteiger partial charge in [-0.2, -0.15) is 43.2 Å². The number of carbonyl (C=O) groups is 2. The second-order valence-electron chi connectivity index (χ2n) is 9.11. The standard InChI is InChI=1S/C28H16F6O11S2/c29-27(30,31)46(39,40)44-19-9-3-16(4-10-19)15-1-7-18(8-2-15)43-22-14-13-21(23(25(35)36)24(22)26(37)38)17-5-11-20(12-6-17)45-47(41,42)28(32,33)34/h1-14H,(H,35,36)(H,37,38). The smallest absolute Gasteiger partial charge is 0.478 e. The average molecular weight is 707 g/mol. The highest BCUT2D eigenvalue weighted by atomic mass is 32.2. The summed E-state index contributed by atoms with van der Waals surface area (Å²) in [6.45, 7) is 0. The third-order valence-electron chi connectivity index (χ3n) is 6.01. The maximum atomic E-state index is 12.6. The summed E-state index contributed by atoms with van der Waals surface area (Å²) >= 11 is 0. The molecule has 0 spiro atoms. The van der Waals surface area contributed by atoms with Crippen LogP contribution in [0.3, 0.4) is 0 Å². The van der Waals surface area contributed by atoms with Crippen LogP contribution in [0.15, 0.2) is 84.9 Å². The van der Waals surface area contributed by atoms with Gasteiger partial charge in [-0.3, -0.25) is 0 Å². The predicted octanol–water partition coefficient (Wildman–Crippen LogP) is 6.67. The molecule has 0 saturated heterocycles. The molecular weight excluding hydrogens is 690 g/mol. The minimum Gasteiger partial charge on any atom is -0.478 e. The van der Waals surface area contributed by atoms with Crippen LogP contribution in [0.25, 0.3) is 22.3 Å². The molecule has 248 valence electrons. The molecule has 0 aliphatic heterocycles. The van der Waals surface area contributed by atoms with Gasteiger partial charge in [0.25, 0.3) is 0 Å². The summed E-state index contributed by atoms with van der Waals surface area (Å²) in [7, 11) is -11.8. The zero-order chi connectivity index (χ0) is 34.9. The van der Waals surface area contributed by atoms with Gasteiger partial charge >= 0.3 is 43.2 Å². The van der Waals surface area contributed by atoms with E-state index in [2.05, 4.69) is 8.37 Å². The summed E-state index contributed by atoms with van der Waals surface area (Å²) in [6, 6.07) is 16.0. The minimum atomic E-state index is -5.98. The molecule has 47 heavy (non-hydrogen) atoms. The van der Waals surface area contributed by atoms with Gasteiger partial charge in [0, 0.05) is 0 Å². The fraction of sp³-hybridized carbons (Fsp3) is 0.0714. The third-order valence-corrected chi connectivity index (χ3v) is 7.97. The summed E-state index contributed by atoms with van der Waals surface area (Å²) in [5.41, 5.74) is -12.3. The monoisotopic (exact) mass is 706 g/mol. The van der Waals surface area contributed by atoms with Crippen molar-refractivity contribution in [3.05, 3.63) is 96.1 Å². The summed E-state index contributed by atoms with van der Waals surface area (Å²) in [6.07, 6.45) is 0. The van der Waals surface area contributed by atoms with E-state index in [4.69, 9.17) is 4.74 Å². The predicted molar refractivity (Wildman–Crippen MR) is 149 cm³/mol. The molecule has 2 N–H and O–H groups in total. The van der Waals surface area contributed by atoms with Crippen molar-refractivity contribution in [1.82, 2.24) is 0 Å². The highest BCUT2D eigenvalue weighted by molar-refractivity contribution is 7.88. The van der Waals surface area contributed by atoms with Crippen LogP contribution < -0.4 is 13.1 Å². The molecule has 0 amide bonds. The molecule has 4 rings (SSSR count). The molecule has 0 aliphatic carbocycles. The van der Waals surface area contributed by atoms with E-state index in [-0.39, 0.29) is 16.9 Å². The molecule has 0 aromatic heterocycles. The first kappa shape index (κ1) is 34.6. The Hall–Kier alpha value is -5.30. The maximum absolute atomic E-state index is 12.6. The molecule has 4 aromatic rings. The first-order chi connectivity index (χ1) is 21.7. The highest BCUT2D eigenvalue weighted by Crippen LogP contribution is 2.37. The number of alkyl halides is 6. The maximum Gasteiger partial charge on any atom is 0.534 e. The summed E-state index contributed by atoms with van der Waals surface area (Å²) in [4.78, 5) is 24.4. The van der Waals surface area contributed by atoms with Crippen LogP contribution in [0.4, 0.5) is 26.3 Å². The van der Waals surface area contributed by atoms with Crippen LogP contribution in [0.2, 0.25) is 0 Å². The van der Waals surface area contributed by atoms with Crippen molar-refractivity contribution in [3.63, 3.8) is 0 Å². The van der Waals surface area contributed by atoms with Crippen LogP contribution >= 0.6 is 0 Å². The number of hydrogen-bond donors (Lipinski definition) is 2. The Kier molecular flexibility index (Phi) is 9.18. The molecule has 0 saturated carbocycles. The Morgan fingerprint density at radius 3 is 1.23 bits per heavy atom. The molecule has 0 aliphatic rings. The lowest BCUT2D eigenvalue weighted by atomic mass is 9.94. The van der Waals surface area contributed by atoms with Crippen LogP contribution in [0.1, 0.15) is 20.7 Å². The van der Waals surface area contributed by atoms with Gasteiger partial charge in [0.1, 0.15) is 28.6 Å². The Morgan fingerprint density at radius 2 is 0.872 bits per heavy atom. The fourth-order valence-electron chi connectivity index (χ4n) is 3.93. The Morgan fingerprint density at radius 1 is 0.511 bits per heavy atom. The number of rotatable bonds is 10. The lowest BCUT2D eigenvalue weighted by Crippen LogP contribution is -2.28. The van der Waals surface area contributed by atoms with Gasteiger partial charge in [0.2, 0.25) is 0 Å². The summed E-state index contributed by atoms with van der Waals surface area (Å²) < 4.78 is 134. The SMILES string of the molecule is O=C(O)c1c(Oc2ccc(-c3ccc(OS(=O)(=O)C(F)(F)F)cc3)cc2)ccc(-c2ccc(OS(=O)(=O)C(F)(F)F)cc2)c1C(=O)O. The fourth-order valence-corrected chi connectivity index (χ4v) is 4.84. The van der Waals surface area contributed by atoms with E-state index in [1.54, 1.807) is 0 Å². The topological polar surface area (TPSA) is 171 Å². The van der Waals surface area contributed by atoms with Crippen molar-refractivity contribution in [3.8, 4) is 45.3 Å². The third kappa shape index (κ3) is 7.58. The van der Waals surface area contributed by atoms with E-state index in [1.807, 2.05) is 0 Å². The van der Waals surface area contributed by atoms with Gasteiger partial charge in [-0.25, -0.2) is 9.59 Å². The normalized spacial score (nSPS) is 12.3. The first-order valence-corrected chi connectivity index (χ1v) is 15.2. The van der Waals surface area contributed by atoms with Crippen molar-refractivity contribution in [2.75, 3.05) is 0 Å². The summed E-state index contributed by atoms with van der Waals surface area (Å²) in [5, 5.41) is 19.8. The van der Waals surface area contributed by atoms with Gasteiger partial charge in [0.15, 0.2) is 0 Å². The summed E-state index contributed by atoms with van der Waals surface area (Å²) in [5.74, 6) is -5.18.